The Balaban J connectivity index is 1.58. The number of aryl methyl sites for hydroxylation is 1. The third-order valence-corrected chi connectivity index (χ3v) is 7.22. The van der Waals surface area contributed by atoms with Gasteiger partial charge in [-0.3, -0.25) is 14.5 Å². The number of nitrogens with one attached hydrogen (secondary N) is 1. The zero-order chi connectivity index (χ0) is 23.2. The summed E-state index contributed by atoms with van der Waals surface area (Å²) in [7, 11) is 0. The van der Waals surface area contributed by atoms with Crippen molar-refractivity contribution in [3.8, 4) is 0 Å². The minimum Gasteiger partial charge on any atom is -0.326 e. The minimum atomic E-state index is -0.199. The summed E-state index contributed by atoms with van der Waals surface area (Å²) in [6.45, 7) is 4.18. The number of thioether (sulfide) groups is 1. The number of carbonyl (C=O) groups is 2. The van der Waals surface area contributed by atoms with Crippen molar-refractivity contribution >= 4 is 35.0 Å². The Morgan fingerprint density at radius 2 is 1.79 bits per heavy atom. The molecule has 33 heavy (non-hydrogen) atoms. The molecule has 3 aromatic rings. The van der Waals surface area contributed by atoms with Crippen LogP contribution in [-0.2, 0) is 16.0 Å². The second-order valence-corrected chi connectivity index (χ2v) is 9.36. The molecule has 2 amide bonds. The van der Waals surface area contributed by atoms with Crippen LogP contribution in [0.1, 0.15) is 54.7 Å². The molecule has 0 aliphatic carbocycles. The molecular formula is C28H30N2O2S. The van der Waals surface area contributed by atoms with E-state index in [1.54, 1.807) is 11.8 Å². The van der Waals surface area contributed by atoms with Crippen molar-refractivity contribution < 1.29 is 9.59 Å². The number of hydrogen-bond donors (Lipinski definition) is 1. The lowest BCUT2D eigenvalue weighted by Gasteiger charge is -2.27. The first kappa shape index (κ1) is 23.1. The summed E-state index contributed by atoms with van der Waals surface area (Å²) in [6, 6.07) is 26.0. The molecule has 0 radical (unpaired) electrons. The van der Waals surface area contributed by atoms with Gasteiger partial charge in [0, 0.05) is 11.4 Å². The Kier molecular flexibility index (Phi) is 7.50. The van der Waals surface area contributed by atoms with Crippen LogP contribution in [0.2, 0.25) is 0 Å². The highest BCUT2D eigenvalue weighted by Crippen LogP contribution is 2.43. The number of carbonyl (C=O) groups excluding carboxylic acids is 2. The van der Waals surface area contributed by atoms with Crippen LogP contribution in [0.5, 0.6) is 0 Å². The van der Waals surface area contributed by atoms with E-state index in [0.717, 1.165) is 41.8 Å². The van der Waals surface area contributed by atoms with Crippen LogP contribution >= 0.6 is 11.8 Å². The van der Waals surface area contributed by atoms with Gasteiger partial charge in [-0.25, -0.2) is 0 Å². The molecule has 4 nitrogen and oxygen atoms in total. The minimum absolute atomic E-state index is 0.0128. The fourth-order valence-electron chi connectivity index (χ4n) is 4.41. The lowest BCUT2D eigenvalue weighted by atomic mass is 9.95. The molecule has 5 heteroatoms. The summed E-state index contributed by atoms with van der Waals surface area (Å²) < 4.78 is 0. The number of para-hydroxylation sites is 1. The average molecular weight is 459 g/mol. The van der Waals surface area contributed by atoms with Gasteiger partial charge in [-0.2, -0.15) is 0 Å². The van der Waals surface area contributed by atoms with Crippen molar-refractivity contribution in [3.63, 3.8) is 0 Å². The van der Waals surface area contributed by atoms with Crippen molar-refractivity contribution in [2.45, 2.75) is 44.4 Å². The lowest BCUT2D eigenvalue weighted by Crippen LogP contribution is -2.29. The van der Waals surface area contributed by atoms with E-state index in [2.05, 4.69) is 18.3 Å². The van der Waals surface area contributed by atoms with Crippen LogP contribution in [0.25, 0.3) is 0 Å². The van der Waals surface area contributed by atoms with Crippen LogP contribution in [-0.4, -0.2) is 17.6 Å². The highest BCUT2D eigenvalue weighted by Gasteiger charge is 2.35. The molecule has 0 saturated carbocycles. The Morgan fingerprint density at radius 1 is 1.03 bits per heavy atom. The monoisotopic (exact) mass is 458 g/mol. The first-order valence-electron chi connectivity index (χ1n) is 11.6. The van der Waals surface area contributed by atoms with Crippen LogP contribution in [0.3, 0.4) is 0 Å². The van der Waals surface area contributed by atoms with E-state index in [0.29, 0.717) is 5.75 Å². The molecule has 1 heterocycles. The molecule has 3 aromatic carbocycles. The molecule has 1 fully saturated rings. The van der Waals surface area contributed by atoms with Gasteiger partial charge in [-0.1, -0.05) is 80.9 Å². The van der Waals surface area contributed by atoms with Crippen molar-refractivity contribution in [2.75, 3.05) is 16.0 Å². The van der Waals surface area contributed by atoms with E-state index in [1.165, 1.54) is 5.56 Å². The van der Waals surface area contributed by atoms with Gasteiger partial charge in [-0.15, -0.1) is 11.8 Å². The molecule has 0 spiro atoms. The van der Waals surface area contributed by atoms with Gasteiger partial charge in [0.25, 0.3) is 0 Å². The highest BCUT2D eigenvalue weighted by molar-refractivity contribution is 8.00. The summed E-state index contributed by atoms with van der Waals surface area (Å²) >= 11 is 1.63. The molecule has 1 N–H and O–H groups in total. The maximum Gasteiger partial charge on any atom is 0.238 e. The maximum absolute atomic E-state index is 13.1. The molecule has 1 saturated heterocycles. The van der Waals surface area contributed by atoms with Crippen molar-refractivity contribution in [2.24, 2.45) is 0 Å². The van der Waals surface area contributed by atoms with Gasteiger partial charge in [0.15, 0.2) is 0 Å². The average Bonchev–Trinajstić information content (AvgIpc) is 3.22. The van der Waals surface area contributed by atoms with Gasteiger partial charge in [0.05, 0.1) is 11.7 Å². The van der Waals surface area contributed by atoms with Crippen LogP contribution in [0.4, 0.5) is 11.4 Å². The molecule has 0 aromatic heterocycles. The molecule has 0 bridgehead atoms. The normalized spacial score (nSPS) is 16.6. The largest absolute Gasteiger partial charge is 0.326 e. The van der Waals surface area contributed by atoms with E-state index in [1.807, 2.05) is 84.6 Å². The summed E-state index contributed by atoms with van der Waals surface area (Å²) in [5.74, 6) is 0.363. The second kappa shape index (κ2) is 10.7. The molecule has 0 unspecified atom stereocenters. The van der Waals surface area contributed by atoms with Gasteiger partial charge in [0.1, 0.15) is 5.37 Å². The van der Waals surface area contributed by atoms with Crippen molar-refractivity contribution in [1.29, 1.82) is 0 Å². The molecular weight excluding hydrogens is 428 g/mol. The van der Waals surface area contributed by atoms with Gasteiger partial charge in [-0.05, 0) is 47.7 Å². The fraction of sp³-hybridized carbons (Fsp3) is 0.286. The molecule has 1 aliphatic heterocycles. The number of nitrogens with zero attached hydrogens (tertiary/aromatic N) is 1. The Hall–Kier alpha value is -3.05. The summed E-state index contributed by atoms with van der Waals surface area (Å²) in [4.78, 5) is 27.9. The SMILES string of the molecule is CCCc1ccccc1N1C(=O)CS[C@@H]1c1cccc(NC(=O)[C@H](CC)c2ccccc2)c1. The Labute approximate surface area is 200 Å². The molecule has 2 atom stereocenters. The summed E-state index contributed by atoms with van der Waals surface area (Å²) in [5.41, 5.74) is 4.98. The van der Waals surface area contributed by atoms with Gasteiger partial charge in [0.2, 0.25) is 11.8 Å². The maximum atomic E-state index is 13.1. The predicted molar refractivity (Wildman–Crippen MR) is 138 cm³/mol. The van der Waals surface area contributed by atoms with E-state index in [-0.39, 0.29) is 23.1 Å². The highest BCUT2D eigenvalue weighted by atomic mass is 32.2. The zero-order valence-electron chi connectivity index (χ0n) is 19.2. The summed E-state index contributed by atoms with van der Waals surface area (Å²) in [6.07, 6.45) is 2.69. The number of benzene rings is 3. The van der Waals surface area contributed by atoms with Crippen molar-refractivity contribution in [1.82, 2.24) is 0 Å². The molecule has 1 aliphatic rings. The van der Waals surface area contributed by atoms with Crippen LogP contribution < -0.4 is 10.2 Å². The number of amides is 2. The summed E-state index contributed by atoms with van der Waals surface area (Å²) in [5, 5.41) is 2.99. The smallest absolute Gasteiger partial charge is 0.238 e. The van der Waals surface area contributed by atoms with Crippen LogP contribution in [0, 0.1) is 0 Å². The Morgan fingerprint density at radius 3 is 2.55 bits per heavy atom. The van der Waals surface area contributed by atoms with E-state index < -0.39 is 0 Å². The van der Waals surface area contributed by atoms with E-state index in [9.17, 15) is 9.59 Å². The second-order valence-electron chi connectivity index (χ2n) is 8.29. The number of hydrogen-bond acceptors (Lipinski definition) is 3. The predicted octanol–water partition coefficient (Wildman–Crippen LogP) is 6.55. The number of rotatable bonds is 8. The first-order chi connectivity index (χ1) is 16.1. The lowest BCUT2D eigenvalue weighted by molar-refractivity contribution is -0.118. The van der Waals surface area contributed by atoms with Crippen LogP contribution in [0.15, 0.2) is 78.9 Å². The topological polar surface area (TPSA) is 49.4 Å². The third kappa shape index (κ3) is 5.14. The fourth-order valence-corrected chi connectivity index (χ4v) is 5.57. The van der Waals surface area contributed by atoms with Gasteiger partial charge < -0.3 is 5.32 Å². The standard InChI is InChI=1S/C28H30N2O2S/c1-3-11-21-14-8-9-17-25(21)30-26(31)19-33-28(30)22-15-10-16-23(18-22)29-27(32)24(4-2)20-12-6-5-7-13-20/h5-10,12-18,24,28H,3-4,11,19H2,1-2H3,(H,29,32)/t24-,28-/m1/s1. The molecule has 4 rings (SSSR count). The Bertz CT molecular complexity index is 1120. The first-order valence-corrected chi connectivity index (χ1v) is 12.6. The van der Waals surface area contributed by atoms with E-state index in [4.69, 9.17) is 0 Å². The third-order valence-electron chi connectivity index (χ3n) is 6.00. The van der Waals surface area contributed by atoms with Gasteiger partial charge >= 0.3 is 0 Å². The zero-order valence-corrected chi connectivity index (χ0v) is 20.0. The van der Waals surface area contributed by atoms with Crippen molar-refractivity contribution in [3.05, 3.63) is 95.6 Å². The van der Waals surface area contributed by atoms with E-state index >= 15 is 0 Å². The quantitative estimate of drug-likeness (QED) is 0.416. The number of anilines is 2. The molecule has 170 valence electrons.